The Balaban J connectivity index is 2.39. The molecule has 0 aliphatic rings. The van der Waals surface area contributed by atoms with Gasteiger partial charge in [-0.25, -0.2) is 4.39 Å². The van der Waals surface area contributed by atoms with Gasteiger partial charge in [-0.3, -0.25) is 0 Å². The fourth-order valence-electron chi connectivity index (χ4n) is 2.15. The number of hydrogen-bond acceptors (Lipinski definition) is 3. The summed E-state index contributed by atoms with van der Waals surface area (Å²) >= 11 is 3.37. The van der Waals surface area contributed by atoms with Crippen molar-refractivity contribution in [1.29, 1.82) is 5.26 Å². The number of nitrogens with zero attached hydrogens (tertiary/aromatic N) is 1. The fraction of sp³-hybridized carbons (Fsp3) is 0.188. The maximum absolute atomic E-state index is 13.6. The molecule has 5 heteroatoms. The fourth-order valence-corrected chi connectivity index (χ4v) is 2.53. The normalized spacial score (nSPS) is 11.7. The van der Waals surface area contributed by atoms with Gasteiger partial charge in [0.05, 0.1) is 11.7 Å². The topological polar surface area (TPSA) is 56.0 Å². The first-order valence-corrected chi connectivity index (χ1v) is 7.29. The zero-order valence-electron chi connectivity index (χ0n) is 11.4. The van der Waals surface area contributed by atoms with Crippen LogP contribution in [0.3, 0.4) is 0 Å². The Labute approximate surface area is 131 Å². The zero-order valence-corrected chi connectivity index (χ0v) is 13.0. The summed E-state index contributed by atoms with van der Waals surface area (Å²) in [6, 6.07) is 11.2. The molecule has 0 amide bonds. The molecule has 0 bridgehead atoms. The predicted molar refractivity (Wildman–Crippen MR) is 83.6 cm³/mol. The SMILES string of the molecule is CCC(Nc1cccc(F)c1C#N)c1cc(Br)ccc1O. The molecule has 2 rings (SSSR count). The second-order valence-electron chi connectivity index (χ2n) is 4.58. The van der Waals surface area contributed by atoms with Gasteiger partial charge in [-0.05, 0) is 36.8 Å². The molecule has 0 fully saturated rings. The largest absolute Gasteiger partial charge is 0.508 e. The molecule has 3 nitrogen and oxygen atoms in total. The highest BCUT2D eigenvalue weighted by Gasteiger charge is 2.16. The summed E-state index contributed by atoms with van der Waals surface area (Å²) in [5.41, 5.74) is 1.09. The third-order valence-corrected chi connectivity index (χ3v) is 3.72. The highest BCUT2D eigenvalue weighted by Crippen LogP contribution is 2.32. The lowest BCUT2D eigenvalue weighted by atomic mass is 10.0. The summed E-state index contributed by atoms with van der Waals surface area (Å²) in [6.45, 7) is 1.95. The van der Waals surface area contributed by atoms with Gasteiger partial charge >= 0.3 is 0 Å². The van der Waals surface area contributed by atoms with E-state index in [0.717, 1.165) is 4.47 Å². The number of phenolic OH excluding ortho intramolecular Hbond substituents is 1. The maximum Gasteiger partial charge on any atom is 0.143 e. The quantitative estimate of drug-likeness (QED) is 0.839. The average Bonchev–Trinajstić information content (AvgIpc) is 2.47. The van der Waals surface area contributed by atoms with E-state index >= 15 is 0 Å². The molecule has 0 heterocycles. The lowest BCUT2D eigenvalue weighted by molar-refractivity contribution is 0.462. The Morgan fingerprint density at radius 1 is 1.38 bits per heavy atom. The average molecular weight is 349 g/mol. The first kappa shape index (κ1) is 15.3. The van der Waals surface area contributed by atoms with Crippen LogP contribution in [-0.2, 0) is 0 Å². The highest BCUT2D eigenvalue weighted by atomic mass is 79.9. The summed E-state index contributed by atoms with van der Waals surface area (Å²) in [4.78, 5) is 0. The van der Waals surface area contributed by atoms with Crippen LogP contribution < -0.4 is 5.32 Å². The Morgan fingerprint density at radius 2 is 2.14 bits per heavy atom. The first-order chi connectivity index (χ1) is 10.1. The second-order valence-corrected chi connectivity index (χ2v) is 5.50. The molecule has 1 atom stereocenters. The molecule has 21 heavy (non-hydrogen) atoms. The third kappa shape index (κ3) is 3.34. The summed E-state index contributed by atoms with van der Waals surface area (Å²) in [5, 5.41) is 22.2. The maximum atomic E-state index is 13.6. The van der Waals surface area contributed by atoms with Crippen molar-refractivity contribution in [3.8, 4) is 11.8 Å². The van der Waals surface area contributed by atoms with E-state index in [1.54, 1.807) is 24.3 Å². The van der Waals surface area contributed by atoms with Crippen LogP contribution in [0, 0.1) is 17.1 Å². The molecule has 1 unspecified atom stereocenters. The van der Waals surface area contributed by atoms with Crippen LogP contribution >= 0.6 is 15.9 Å². The van der Waals surface area contributed by atoms with Gasteiger partial charge in [0, 0.05) is 10.0 Å². The van der Waals surface area contributed by atoms with E-state index in [1.165, 1.54) is 6.07 Å². The molecule has 108 valence electrons. The van der Waals surface area contributed by atoms with Crippen LogP contribution in [0.25, 0.3) is 0 Å². The molecule has 0 saturated carbocycles. The van der Waals surface area contributed by atoms with Crippen molar-refractivity contribution < 1.29 is 9.50 Å². The summed E-state index contributed by atoms with van der Waals surface area (Å²) < 4.78 is 14.5. The van der Waals surface area contributed by atoms with Crippen molar-refractivity contribution >= 4 is 21.6 Å². The molecule has 2 aromatic rings. The van der Waals surface area contributed by atoms with Gasteiger partial charge in [0.1, 0.15) is 23.2 Å². The van der Waals surface area contributed by atoms with Gasteiger partial charge in [-0.15, -0.1) is 0 Å². The summed E-state index contributed by atoms with van der Waals surface area (Å²) in [6.07, 6.45) is 0.672. The number of anilines is 1. The minimum absolute atomic E-state index is 0.0227. The van der Waals surface area contributed by atoms with Crippen molar-refractivity contribution in [2.45, 2.75) is 19.4 Å². The molecule has 0 saturated heterocycles. The molecular weight excluding hydrogens is 335 g/mol. The van der Waals surface area contributed by atoms with Crippen LogP contribution in [0.2, 0.25) is 0 Å². The standard InChI is InChI=1S/C16H14BrFN2O/c1-2-14(11-8-10(17)6-7-16(11)21)20-15-5-3-4-13(18)12(15)9-19/h3-8,14,20-21H,2H2,1H3. The molecule has 0 radical (unpaired) electrons. The summed E-state index contributed by atoms with van der Waals surface area (Å²) in [7, 11) is 0. The Bertz CT molecular complexity index is 697. The van der Waals surface area contributed by atoms with E-state index in [4.69, 9.17) is 5.26 Å². The smallest absolute Gasteiger partial charge is 0.143 e. The second kappa shape index (κ2) is 6.59. The minimum atomic E-state index is -0.559. The van der Waals surface area contributed by atoms with Crippen LogP contribution in [0.4, 0.5) is 10.1 Å². The predicted octanol–water partition coefficient (Wildman–Crippen LogP) is 4.73. The van der Waals surface area contributed by atoms with Gasteiger partial charge in [-0.2, -0.15) is 5.26 Å². The van der Waals surface area contributed by atoms with Gasteiger partial charge in [0.25, 0.3) is 0 Å². The molecule has 0 spiro atoms. The molecule has 2 aromatic carbocycles. The highest BCUT2D eigenvalue weighted by molar-refractivity contribution is 9.10. The summed E-state index contributed by atoms with van der Waals surface area (Å²) in [5.74, 6) is -0.400. The molecule has 0 aliphatic heterocycles. The van der Waals surface area contributed by atoms with Crippen molar-refractivity contribution in [2.24, 2.45) is 0 Å². The molecular formula is C16H14BrFN2O. The van der Waals surface area contributed by atoms with Gasteiger partial charge in [0.15, 0.2) is 0 Å². The number of rotatable bonds is 4. The number of hydrogen-bond donors (Lipinski definition) is 2. The zero-order chi connectivity index (χ0) is 15.4. The monoisotopic (exact) mass is 348 g/mol. The van der Waals surface area contributed by atoms with Gasteiger partial charge < -0.3 is 10.4 Å². The van der Waals surface area contributed by atoms with Crippen LogP contribution in [0.1, 0.15) is 30.5 Å². The minimum Gasteiger partial charge on any atom is -0.508 e. The van der Waals surface area contributed by atoms with Gasteiger partial charge in [0.2, 0.25) is 0 Å². The van der Waals surface area contributed by atoms with Crippen LogP contribution in [0.15, 0.2) is 40.9 Å². The number of aromatic hydroxyl groups is 1. The van der Waals surface area contributed by atoms with E-state index in [2.05, 4.69) is 21.2 Å². The van der Waals surface area contributed by atoms with Crippen molar-refractivity contribution in [3.05, 3.63) is 57.8 Å². The number of nitrogens with one attached hydrogen (secondary N) is 1. The molecule has 0 aliphatic carbocycles. The van der Waals surface area contributed by atoms with Crippen LogP contribution in [-0.4, -0.2) is 5.11 Å². The van der Waals surface area contributed by atoms with Crippen LogP contribution in [0.5, 0.6) is 5.75 Å². The van der Waals surface area contributed by atoms with Crippen molar-refractivity contribution in [3.63, 3.8) is 0 Å². The first-order valence-electron chi connectivity index (χ1n) is 6.50. The van der Waals surface area contributed by atoms with Crippen molar-refractivity contribution in [1.82, 2.24) is 0 Å². The Hall–Kier alpha value is -2.06. The van der Waals surface area contributed by atoms with E-state index in [0.29, 0.717) is 17.7 Å². The lowest BCUT2D eigenvalue weighted by Crippen LogP contribution is -2.11. The third-order valence-electron chi connectivity index (χ3n) is 3.23. The van der Waals surface area contributed by atoms with E-state index in [-0.39, 0.29) is 17.4 Å². The van der Waals surface area contributed by atoms with E-state index < -0.39 is 5.82 Å². The number of nitriles is 1. The van der Waals surface area contributed by atoms with Gasteiger partial charge in [-0.1, -0.05) is 28.9 Å². The number of benzene rings is 2. The molecule has 2 N–H and O–H groups in total. The van der Waals surface area contributed by atoms with E-state index in [9.17, 15) is 9.50 Å². The number of halogens is 2. The number of phenols is 1. The Morgan fingerprint density at radius 3 is 2.81 bits per heavy atom. The van der Waals surface area contributed by atoms with E-state index in [1.807, 2.05) is 19.1 Å². The molecule has 0 aromatic heterocycles. The van der Waals surface area contributed by atoms with Crippen molar-refractivity contribution in [2.75, 3.05) is 5.32 Å². The lowest BCUT2D eigenvalue weighted by Gasteiger charge is -2.21. The Kier molecular flexibility index (Phi) is 4.81.